The number of carbonyl (C=O) groups is 1. The predicted molar refractivity (Wildman–Crippen MR) is 97.2 cm³/mol. The Balaban J connectivity index is 1.80. The number of aromatic nitrogens is 2. The van der Waals surface area contributed by atoms with E-state index in [1.807, 2.05) is 0 Å². The van der Waals surface area contributed by atoms with Crippen LogP contribution in [0.25, 0.3) is 0 Å². The van der Waals surface area contributed by atoms with Gasteiger partial charge in [0.05, 0.1) is 28.8 Å². The highest BCUT2D eigenvalue weighted by atomic mass is 35.5. The number of benzene rings is 1. The molecule has 2 heterocycles. The molecule has 0 radical (unpaired) electrons. The van der Waals surface area contributed by atoms with Crippen LogP contribution in [-0.4, -0.2) is 41.1 Å². The molecule has 0 saturated carbocycles. The van der Waals surface area contributed by atoms with Crippen LogP contribution >= 0.6 is 11.6 Å². The van der Waals surface area contributed by atoms with Crippen molar-refractivity contribution in [1.29, 1.82) is 0 Å². The summed E-state index contributed by atoms with van der Waals surface area (Å²) in [6.45, 7) is 0.697. The van der Waals surface area contributed by atoms with Crippen molar-refractivity contribution in [3.8, 4) is 0 Å². The van der Waals surface area contributed by atoms with Gasteiger partial charge in [-0.1, -0.05) is 11.6 Å². The maximum absolute atomic E-state index is 12.7. The summed E-state index contributed by atoms with van der Waals surface area (Å²) >= 11 is 6.10. The van der Waals surface area contributed by atoms with E-state index < -0.39 is 22.8 Å². The lowest BCUT2D eigenvalue weighted by Crippen LogP contribution is -2.33. The summed E-state index contributed by atoms with van der Waals surface area (Å²) in [5, 5.41) is 11.5. The zero-order valence-corrected chi connectivity index (χ0v) is 15.9. The maximum Gasteiger partial charge on any atom is 0.432 e. The summed E-state index contributed by atoms with van der Waals surface area (Å²) in [4.78, 5) is 30.5. The van der Waals surface area contributed by atoms with E-state index >= 15 is 0 Å². The second-order valence-electron chi connectivity index (χ2n) is 6.51. The molecule has 0 atom stereocenters. The topological polar surface area (TPSA) is 101 Å². The van der Waals surface area contributed by atoms with Crippen molar-refractivity contribution in [2.24, 2.45) is 0 Å². The summed E-state index contributed by atoms with van der Waals surface area (Å²) in [6, 6.07) is 2.40. The van der Waals surface area contributed by atoms with E-state index in [1.54, 1.807) is 4.90 Å². The minimum atomic E-state index is -4.50. The van der Waals surface area contributed by atoms with E-state index in [1.165, 1.54) is 6.07 Å². The third kappa shape index (κ3) is 4.29. The largest absolute Gasteiger partial charge is 0.465 e. The molecule has 12 heteroatoms. The van der Waals surface area contributed by atoms with E-state index in [0.717, 1.165) is 19.4 Å². The molecule has 1 aliphatic rings. The van der Waals surface area contributed by atoms with Gasteiger partial charge in [-0.2, -0.15) is 13.2 Å². The number of ether oxygens (including phenoxy) is 1. The number of aromatic amines is 1. The number of alkyl halides is 3. The third-order valence-corrected chi connectivity index (χ3v) is 5.10. The van der Waals surface area contributed by atoms with Crippen molar-refractivity contribution >= 4 is 28.9 Å². The van der Waals surface area contributed by atoms with Crippen molar-refractivity contribution in [3.05, 3.63) is 50.5 Å². The number of piperidine rings is 1. The predicted octanol–water partition coefficient (Wildman–Crippen LogP) is 4.16. The van der Waals surface area contributed by atoms with Gasteiger partial charge in [0.15, 0.2) is 0 Å². The van der Waals surface area contributed by atoms with Gasteiger partial charge in [-0.05, 0) is 18.9 Å². The van der Waals surface area contributed by atoms with Crippen LogP contribution in [0.15, 0.2) is 18.3 Å². The fraction of sp³-hybridized carbons (Fsp3) is 0.412. The minimum absolute atomic E-state index is 0.0143. The third-order valence-electron chi connectivity index (χ3n) is 4.79. The Kier molecular flexibility index (Phi) is 5.69. The average Bonchev–Trinajstić information content (AvgIpc) is 3.18. The molecule has 1 N–H and O–H groups in total. The van der Waals surface area contributed by atoms with Crippen LogP contribution < -0.4 is 4.90 Å². The highest BCUT2D eigenvalue weighted by molar-refractivity contribution is 6.34. The Labute approximate surface area is 167 Å². The Morgan fingerprint density at radius 3 is 2.55 bits per heavy atom. The zero-order chi connectivity index (χ0) is 21.3. The average molecular weight is 433 g/mol. The van der Waals surface area contributed by atoms with Gasteiger partial charge in [0, 0.05) is 25.1 Å². The van der Waals surface area contributed by atoms with Gasteiger partial charge in [0.2, 0.25) is 0 Å². The van der Waals surface area contributed by atoms with Crippen LogP contribution in [-0.2, 0) is 10.9 Å². The van der Waals surface area contributed by atoms with E-state index in [9.17, 15) is 28.1 Å². The number of carbonyl (C=O) groups excluding carboxylic acids is 1. The molecule has 0 unspecified atom stereocenters. The number of halogens is 4. The molecular formula is C17H16ClF3N4O4. The van der Waals surface area contributed by atoms with Gasteiger partial charge in [0.1, 0.15) is 17.2 Å². The number of methoxy groups -OCH3 is 1. The smallest absolute Gasteiger partial charge is 0.432 e. The molecule has 1 saturated heterocycles. The summed E-state index contributed by atoms with van der Waals surface area (Å²) in [5.41, 5.74) is -1.09. The normalized spacial score (nSPS) is 15.4. The number of hydrogen-bond donors (Lipinski definition) is 1. The van der Waals surface area contributed by atoms with E-state index in [4.69, 9.17) is 11.6 Å². The molecule has 8 nitrogen and oxygen atoms in total. The summed E-state index contributed by atoms with van der Waals surface area (Å²) in [5.74, 6) is -0.779. The molecule has 0 aliphatic carbocycles. The second-order valence-corrected chi connectivity index (χ2v) is 6.92. The lowest BCUT2D eigenvalue weighted by molar-refractivity contribution is -0.384. The van der Waals surface area contributed by atoms with Crippen LogP contribution in [0.4, 0.5) is 24.5 Å². The molecule has 0 amide bonds. The molecule has 1 aromatic carbocycles. The second kappa shape index (κ2) is 7.90. The first-order valence-electron chi connectivity index (χ1n) is 8.55. The van der Waals surface area contributed by atoms with Crippen LogP contribution in [0.5, 0.6) is 0 Å². The Bertz CT molecular complexity index is 939. The Morgan fingerprint density at radius 2 is 2.03 bits per heavy atom. The SMILES string of the molecule is COC(=O)c1cc([N+](=O)[O-])c(N2CCC(c3ncc(C(F)(F)F)[nH]3)CC2)cc1Cl. The number of anilines is 1. The standard InChI is InChI=1S/C17H16ClF3N4O4/c1-29-16(26)10-6-13(25(27)28)12(7-11(10)18)24-4-2-9(3-5-24)15-22-8-14(23-15)17(19,20)21/h6-9H,2-5H2,1H3,(H,22,23). The highest BCUT2D eigenvalue weighted by Crippen LogP contribution is 2.38. The molecule has 156 valence electrons. The van der Waals surface area contributed by atoms with Gasteiger partial charge < -0.3 is 14.6 Å². The highest BCUT2D eigenvalue weighted by Gasteiger charge is 2.35. The fourth-order valence-corrected chi connectivity index (χ4v) is 3.53. The molecule has 1 aliphatic heterocycles. The number of nitrogens with one attached hydrogen (secondary N) is 1. The number of H-pyrrole nitrogens is 1. The van der Waals surface area contributed by atoms with Crippen LogP contribution in [0, 0.1) is 10.1 Å². The first-order valence-corrected chi connectivity index (χ1v) is 8.93. The molecular weight excluding hydrogens is 417 g/mol. The lowest BCUT2D eigenvalue weighted by Gasteiger charge is -2.32. The van der Waals surface area contributed by atoms with Crippen LogP contribution in [0.1, 0.15) is 40.6 Å². The molecule has 3 rings (SSSR count). The van der Waals surface area contributed by atoms with Gasteiger partial charge in [0.25, 0.3) is 5.69 Å². The molecule has 2 aromatic rings. The number of imidazole rings is 1. The number of nitro groups is 1. The number of rotatable bonds is 4. The van der Waals surface area contributed by atoms with E-state index in [-0.39, 0.29) is 33.7 Å². The minimum Gasteiger partial charge on any atom is -0.465 e. The first kappa shape index (κ1) is 20.9. The Hall–Kier alpha value is -2.82. The summed E-state index contributed by atoms with van der Waals surface area (Å²) < 4.78 is 42.8. The van der Waals surface area contributed by atoms with Crippen LogP contribution in [0.2, 0.25) is 5.02 Å². The number of nitro benzene ring substituents is 1. The van der Waals surface area contributed by atoms with Crippen molar-refractivity contribution in [2.75, 3.05) is 25.1 Å². The molecule has 0 spiro atoms. The molecule has 29 heavy (non-hydrogen) atoms. The van der Waals surface area contributed by atoms with E-state index in [2.05, 4.69) is 14.7 Å². The van der Waals surface area contributed by atoms with Crippen molar-refractivity contribution in [3.63, 3.8) is 0 Å². The first-order chi connectivity index (χ1) is 13.6. The number of nitrogens with zero attached hydrogens (tertiary/aromatic N) is 3. The van der Waals surface area contributed by atoms with Crippen molar-refractivity contribution in [1.82, 2.24) is 9.97 Å². The van der Waals surface area contributed by atoms with Crippen LogP contribution in [0.3, 0.4) is 0 Å². The lowest BCUT2D eigenvalue weighted by atomic mass is 9.95. The zero-order valence-electron chi connectivity index (χ0n) is 15.1. The monoisotopic (exact) mass is 432 g/mol. The Morgan fingerprint density at radius 1 is 1.38 bits per heavy atom. The van der Waals surface area contributed by atoms with Crippen molar-refractivity contribution < 1.29 is 27.6 Å². The van der Waals surface area contributed by atoms with Gasteiger partial charge in [-0.3, -0.25) is 10.1 Å². The quantitative estimate of drug-likeness (QED) is 0.442. The molecule has 1 fully saturated rings. The number of hydrogen-bond acceptors (Lipinski definition) is 6. The molecule has 0 bridgehead atoms. The van der Waals surface area contributed by atoms with Gasteiger partial charge in [-0.25, -0.2) is 9.78 Å². The maximum atomic E-state index is 12.7. The van der Waals surface area contributed by atoms with E-state index in [0.29, 0.717) is 25.9 Å². The summed E-state index contributed by atoms with van der Waals surface area (Å²) in [6.07, 6.45) is -2.85. The summed E-state index contributed by atoms with van der Waals surface area (Å²) in [7, 11) is 1.14. The van der Waals surface area contributed by atoms with Gasteiger partial charge in [-0.15, -0.1) is 0 Å². The van der Waals surface area contributed by atoms with Gasteiger partial charge >= 0.3 is 12.1 Å². The number of esters is 1. The fourth-order valence-electron chi connectivity index (χ4n) is 3.30. The van der Waals surface area contributed by atoms with Crippen molar-refractivity contribution in [2.45, 2.75) is 24.9 Å². The molecule has 1 aromatic heterocycles.